The number of carbonyl (C=O) groups is 2. The van der Waals surface area contributed by atoms with Crippen LogP contribution in [0.3, 0.4) is 0 Å². The molecular formula is C22H16N8O6. The Morgan fingerprint density at radius 3 is 2.28 bits per heavy atom. The fourth-order valence-electron chi connectivity index (χ4n) is 3.05. The zero-order chi connectivity index (χ0) is 25.8. The summed E-state index contributed by atoms with van der Waals surface area (Å²) in [5, 5.41) is 49.4. The number of rotatable bonds is 7. The molecule has 14 heteroatoms. The topological polar surface area (TPSA) is 222 Å². The number of aliphatic imine (C=N–C) groups is 1. The second-order valence-corrected chi connectivity index (χ2v) is 7.12. The number of nitrogens with zero attached hydrogens (tertiary/aromatic N) is 7. The van der Waals surface area contributed by atoms with E-state index in [1.807, 2.05) is 0 Å². The average molecular weight is 488 g/mol. The average Bonchev–Trinajstić information content (AvgIpc) is 3.35. The first-order valence-electron chi connectivity index (χ1n) is 9.97. The molecule has 0 unspecified atom stereocenters. The van der Waals surface area contributed by atoms with Crippen molar-refractivity contribution >= 4 is 29.6 Å². The van der Waals surface area contributed by atoms with Crippen LogP contribution in [0.2, 0.25) is 0 Å². The van der Waals surface area contributed by atoms with E-state index >= 15 is 0 Å². The molecule has 0 saturated heterocycles. The van der Waals surface area contributed by atoms with Crippen LogP contribution in [0.4, 0.5) is 5.69 Å². The van der Waals surface area contributed by atoms with Gasteiger partial charge in [-0.2, -0.15) is 5.10 Å². The lowest BCUT2D eigenvalue weighted by Gasteiger charge is -2.03. The van der Waals surface area contributed by atoms with Gasteiger partial charge in [0.25, 0.3) is 0 Å². The first kappa shape index (κ1) is 23.5. The number of hydrazone groups is 1. The van der Waals surface area contributed by atoms with Crippen LogP contribution in [0.1, 0.15) is 26.4 Å². The predicted octanol–water partition coefficient (Wildman–Crippen LogP) is 1.60. The van der Waals surface area contributed by atoms with E-state index in [4.69, 9.17) is 16.1 Å². The molecule has 180 valence electrons. The van der Waals surface area contributed by atoms with Gasteiger partial charge in [0.1, 0.15) is 45.4 Å². The summed E-state index contributed by atoms with van der Waals surface area (Å²) in [4.78, 5) is 34.8. The summed E-state index contributed by atoms with van der Waals surface area (Å²) in [5.74, 6) is 2.08. The number of aromatic nitrogens is 5. The second kappa shape index (κ2) is 9.68. The standard InChI is InChI=1S/C22H16N8O6/c23-27-17(9-25-11-1-3-13(21(33)34)19(31)5-11)15-7-24-8-16(26-15)18-10-30(29-28-18)12-2-4-14(22(35)36)20(32)6-12/h1-10,31-32H,23H2,(H,33,34)(H,35,36). The van der Waals surface area contributed by atoms with Crippen LogP contribution < -0.4 is 5.84 Å². The molecule has 4 aromatic rings. The molecule has 0 fully saturated rings. The van der Waals surface area contributed by atoms with Crippen LogP contribution in [-0.4, -0.2) is 69.3 Å². The van der Waals surface area contributed by atoms with Crippen LogP contribution in [0, 0.1) is 0 Å². The number of aromatic hydroxyl groups is 2. The van der Waals surface area contributed by atoms with Gasteiger partial charge in [0.2, 0.25) is 0 Å². The number of aromatic carboxylic acids is 2. The Labute approximate surface area is 201 Å². The van der Waals surface area contributed by atoms with Gasteiger partial charge in [0.15, 0.2) is 0 Å². The van der Waals surface area contributed by atoms with E-state index in [1.54, 1.807) is 0 Å². The molecule has 0 spiro atoms. The van der Waals surface area contributed by atoms with Gasteiger partial charge in [-0.05, 0) is 24.3 Å². The largest absolute Gasteiger partial charge is 0.507 e. The Morgan fingerprint density at radius 2 is 1.64 bits per heavy atom. The molecule has 0 aliphatic heterocycles. The van der Waals surface area contributed by atoms with Crippen molar-refractivity contribution < 1.29 is 30.0 Å². The molecule has 0 aliphatic carbocycles. The summed E-state index contributed by atoms with van der Waals surface area (Å²) < 4.78 is 1.32. The van der Waals surface area contributed by atoms with Gasteiger partial charge in [-0.15, -0.1) is 5.10 Å². The molecule has 0 saturated carbocycles. The fourth-order valence-corrected chi connectivity index (χ4v) is 3.05. The summed E-state index contributed by atoms with van der Waals surface area (Å²) in [7, 11) is 0. The molecule has 0 atom stereocenters. The zero-order valence-corrected chi connectivity index (χ0v) is 18.1. The molecular weight excluding hydrogens is 472 g/mol. The predicted molar refractivity (Wildman–Crippen MR) is 125 cm³/mol. The highest BCUT2D eigenvalue weighted by atomic mass is 16.4. The van der Waals surface area contributed by atoms with Crippen LogP contribution in [0.15, 0.2) is 65.1 Å². The van der Waals surface area contributed by atoms with Crippen molar-refractivity contribution in [3.63, 3.8) is 0 Å². The van der Waals surface area contributed by atoms with Gasteiger partial charge in [-0.1, -0.05) is 5.21 Å². The van der Waals surface area contributed by atoms with E-state index in [0.717, 1.165) is 0 Å². The lowest BCUT2D eigenvalue weighted by Crippen LogP contribution is -2.09. The Morgan fingerprint density at radius 1 is 0.944 bits per heavy atom. The minimum Gasteiger partial charge on any atom is -0.507 e. The van der Waals surface area contributed by atoms with E-state index < -0.39 is 23.4 Å². The minimum atomic E-state index is -1.27. The third kappa shape index (κ3) is 4.81. The first-order valence-corrected chi connectivity index (χ1v) is 9.97. The number of hydrogen-bond donors (Lipinski definition) is 5. The van der Waals surface area contributed by atoms with Crippen LogP contribution in [-0.2, 0) is 0 Å². The summed E-state index contributed by atoms with van der Waals surface area (Å²) >= 11 is 0. The molecule has 2 aromatic heterocycles. The van der Waals surface area contributed by atoms with Gasteiger partial charge < -0.3 is 26.3 Å². The summed E-state index contributed by atoms with van der Waals surface area (Å²) in [6.45, 7) is 0. The van der Waals surface area contributed by atoms with E-state index in [9.17, 15) is 19.8 Å². The molecule has 14 nitrogen and oxygen atoms in total. The lowest BCUT2D eigenvalue weighted by molar-refractivity contribution is 0.0682. The van der Waals surface area contributed by atoms with E-state index in [0.29, 0.717) is 17.1 Å². The first-order chi connectivity index (χ1) is 17.3. The molecule has 6 N–H and O–H groups in total. The molecule has 4 rings (SSSR count). The van der Waals surface area contributed by atoms with Crippen LogP contribution >= 0.6 is 0 Å². The van der Waals surface area contributed by atoms with E-state index in [1.165, 1.54) is 65.9 Å². The highest BCUT2D eigenvalue weighted by Gasteiger charge is 2.14. The Bertz CT molecular complexity index is 1550. The molecule has 0 aliphatic rings. The van der Waals surface area contributed by atoms with Gasteiger partial charge in [-0.3, -0.25) is 9.98 Å². The van der Waals surface area contributed by atoms with Crippen molar-refractivity contribution in [2.24, 2.45) is 15.9 Å². The third-order valence-electron chi connectivity index (χ3n) is 4.82. The summed E-state index contributed by atoms with van der Waals surface area (Å²) in [5.41, 5.74) is 1.10. The molecule has 0 radical (unpaired) electrons. The van der Waals surface area contributed by atoms with Crippen molar-refractivity contribution in [2.45, 2.75) is 0 Å². The lowest BCUT2D eigenvalue weighted by atomic mass is 10.2. The van der Waals surface area contributed by atoms with Gasteiger partial charge >= 0.3 is 11.9 Å². The highest BCUT2D eigenvalue weighted by Crippen LogP contribution is 2.24. The van der Waals surface area contributed by atoms with Gasteiger partial charge in [0.05, 0.1) is 36.2 Å². The molecule has 36 heavy (non-hydrogen) atoms. The second-order valence-electron chi connectivity index (χ2n) is 7.12. The number of nitrogens with two attached hydrogens (primary N) is 1. The maximum atomic E-state index is 11.1. The Balaban J connectivity index is 1.58. The number of carboxylic acids is 2. The SMILES string of the molecule is NN=C(C=Nc1ccc(C(=O)O)c(O)c1)c1cncc(-c2cn(-c3ccc(C(=O)O)c(O)c3)nn2)n1. The quantitative estimate of drug-likeness (QED) is 0.143. The molecule has 0 bridgehead atoms. The normalized spacial score (nSPS) is 11.6. The van der Waals surface area contributed by atoms with Gasteiger partial charge in [0, 0.05) is 12.1 Å². The monoisotopic (exact) mass is 488 g/mol. The molecule has 0 amide bonds. The maximum absolute atomic E-state index is 11.1. The Hall–Kier alpha value is -5.66. The highest BCUT2D eigenvalue weighted by molar-refractivity contribution is 6.37. The summed E-state index contributed by atoms with van der Waals surface area (Å²) in [6, 6.07) is 7.72. The maximum Gasteiger partial charge on any atom is 0.339 e. The molecule has 2 heterocycles. The fraction of sp³-hybridized carbons (Fsp3) is 0. The number of hydrogen-bond acceptors (Lipinski definition) is 11. The van der Waals surface area contributed by atoms with E-state index in [-0.39, 0.29) is 28.2 Å². The van der Waals surface area contributed by atoms with Gasteiger partial charge in [-0.25, -0.2) is 19.3 Å². The van der Waals surface area contributed by atoms with E-state index in [2.05, 4.69) is 30.4 Å². The van der Waals surface area contributed by atoms with Crippen molar-refractivity contribution in [3.8, 4) is 28.6 Å². The van der Waals surface area contributed by atoms with Crippen molar-refractivity contribution in [1.29, 1.82) is 0 Å². The summed E-state index contributed by atoms with van der Waals surface area (Å²) in [6.07, 6.45) is 5.59. The minimum absolute atomic E-state index is 0.132. The van der Waals surface area contributed by atoms with Crippen molar-refractivity contribution in [3.05, 3.63) is 71.8 Å². The number of phenols is 2. The van der Waals surface area contributed by atoms with Crippen LogP contribution in [0.5, 0.6) is 11.5 Å². The smallest absolute Gasteiger partial charge is 0.339 e. The zero-order valence-electron chi connectivity index (χ0n) is 18.1. The number of benzene rings is 2. The van der Waals surface area contributed by atoms with Crippen molar-refractivity contribution in [1.82, 2.24) is 25.0 Å². The Kier molecular flexibility index (Phi) is 6.32. The van der Waals surface area contributed by atoms with Crippen molar-refractivity contribution in [2.75, 3.05) is 0 Å². The number of carboxylic acid groups (broad SMARTS) is 2. The third-order valence-corrected chi connectivity index (χ3v) is 4.82. The van der Waals surface area contributed by atoms with Crippen LogP contribution in [0.25, 0.3) is 17.1 Å². The molecule has 2 aromatic carbocycles.